The Labute approximate surface area is 150 Å². The summed E-state index contributed by atoms with van der Waals surface area (Å²) >= 11 is 1.49. The quantitative estimate of drug-likeness (QED) is 0.580. The molecule has 2 aromatic carbocycles. The topological polar surface area (TPSA) is 78.4 Å². The Morgan fingerprint density at radius 1 is 1.12 bits per heavy atom. The molecule has 0 saturated carbocycles. The van der Waals surface area contributed by atoms with Gasteiger partial charge in [0, 0.05) is 4.90 Å². The molecule has 1 aliphatic rings. The van der Waals surface area contributed by atoms with Gasteiger partial charge >= 0.3 is 11.8 Å². The van der Waals surface area contributed by atoms with Gasteiger partial charge in [-0.3, -0.25) is 9.59 Å². The van der Waals surface area contributed by atoms with Crippen LogP contribution in [0.4, 0.5) is 5.69 Å². The second kappa shape index (κ2) is 7.29. The molecular formula is C19H20N2O3S. The summed E-state index contributed by atoms with van der Waals surface area (Å²) in [5.74, 6) is -1.50. The van der Waals surface area contributed by atoms with Crippen LogP contribution >= 0.6 is 11.8 Å². The van der Waals surface area contributed by atoms with E-state index in [-0.39, 0.29) is 6.54 Å². The van der Waals surface area contributed by atoms with E-state index in [0.717, 1.165) is 22.4 Å². The maximum Gasteiger partial charge on any atom is 0.313 e. The van der Waals surface area contributed by atoms with Crippen molar-refractivity contribution in [2.45, 2.75) is 23.3 Å². The Bertz CT molecular complexity index is 809. The van der Waals surface area contributed by atoms with E-state index in [9.17, 15) is 14.7 Å². The van der Waals surface area contributed by atoms with E-state index >= 15 is 0 Å². The number of fused-ring (bicyclic) bond motifs is 1. The lowest BCUT2D eigenvalue weighted by atomic mass is 9.96. The zero-order chi connectivity index (χ0) is 17.9. The van der Waals surface area contributed by atoms with Gasteiger partial charge in [-0.15, -0.1) is 11.8 Å². The molecule has 5 nitrogen and oxygen atoms in total. The van der Waals surface area contributed by atoms with Crippen molar-refractivity contribution >= 4 is 29.3 Å². The third-order valence-corrected chi connectivity index (χ3v) is 5.23. The highest BCUT2D eigenvalue weighted by Crippen LogP contribution is 2.36. The molecule has 1 aliphatic carbocycles. The van der Waals surface area contributed by atoms with Crippen LogP contribution in [0.5, 0.6) is 0 Å². The monoisotopic (exact) mass is 356 g/mol. The van der Waals surface area contributed by atoms with Crippen LogP contribution in [0.15, 0.2) is 53.4 Å². The van der Waals surface area contributed by atoms with Crippen molar-refractivity contribution in [2.24, 2.45) is 0 Å². The summed E-state index contributed by atoms with van der Waals surface area (Å²) in [6, 6.07) is 14.9. The maximum atomic E-state index is 12.1. The predicted molar refractivity (Wildman–Crippen MR) is 98.5 cm³/mol. The average molecular weight is 356 g/mol. The number of hydrogen-bond acceptors (Lipinski definition) is 4. The normalized spacial score (nSPS) is 18.5. The molecule has 3 N–H and O–H groups in total. The Morgan fingerprint density at radius 3 is 2.64 bits per heavy atom. The lowest BCUT2D eigenvalue weighted by Crippen LogP contribution is -2.43. The zero-order valence-corrected chi connectivity index (χ0v) is 14.7. The van der Waals surface area contributed by atoms with Gasteiger partial charge in [0.25, 0.3) is 0 Å². The van der Waals surface area contributed by atoms with Gasteiger partial charge in [0.15, 0.2) is 0 Å². The molecule has 1 atom stereocenters. The molecule has 2 amide bonds. The molecule has 0 aliphatic heterocycles. The van der Waals surface area contributed by atoms with Crippen LogP contribution in [0.1, 0.15) is 17.5 Å². The van der Waals surface area contributed by atoms with Gasteiger partial charge in [-0.05, 0) is 42.4 Å². The van der Waals surface area contributed by atoms with Crippen LogP contribution in [0.25, 0.3) is 0 Å². The number of rotatable bonds is 4. The number of nitrogens with one attached hydrogen (secondary N) is 2. The number of benzene rings is 2. The molecule has 0 aromatic heterocycles. The van der Waals surface area contributed by atoms with Crippen LogP contribution in [0.3, 0.4) is 0 Å². The molecule has 0 radical (unpaired) electrons. The molecule has 6 heteroatoms. The number of aryl methyl sites for hydroxylation is 1. The van der Waals surface area contributed by atoms with E-state index in [4.69, 9.17) is 0 Å². The number of amides is 2. The smallest absolute Gasteiger partial charge is 0.313 e. The summed E-state index contributed by atoms with van der Waals surface area (Å²) < 4.78 is 0. The summed E-state index contributed by atoms with van der Waals surface area (Å²) in [5, 5.41) is 16.0. The SMILES string of the molecule is CSc1ccccc1NC(=O)C(=O)NC[C@@]1(O)CCc2ccccc21. The summed E-state index contributed by atoms with van der Waals surface area (Å²) in [6.45, 7) is 0.0143. The standard InChI is InChI=1S/C19H20N2O3S/c1-25-16-9-5-4-8-15(16)21-18(23)17(22)20-12-19(24)11-10-13-6-2-3-7-14(13)19/h2-9,24H,10-12H2,1H3,(H,20,22)(H,21,23)/t19-/m0/s1. The van der Waals surface area contributed by atoms with Crippen molar-refractivity contribution in [3.05, 3.63) is 59.7 Å². The van der Waals surface area contributed by atoms with Crippen molar-refractivity contribution in [2.75, 3.05) is 18.1 Å². The average Bonchev–Trinajstić information content (AvgIpc) is 2.98. The Kier molecular flexibility index (Phi) is 5.11. The Balaban J connectivity index is 1.62. The number of thioether (sulfide) groups is 1. The van der Waals surface area contributed by atoms with Crippen LogP contribution < -0.4 is 10.6 Å². The summed E-state index contributed by atoms with van der Waals surface area (Å²) in [7, 11) is 0. The minimum Gasteiger partial charge on any atom is -0.383 e. The number of carbonyl (C=O) groups excluding carboxylic acids is 2. The maximum absolute atomic E-state index is 12.1. The second-order valence-electron chi connectivity index (χ2n) is 6.03. The molecule has 0 bridgehead atoms. The number of hydrogen-bond donors (Lipinski definition) is 3. The fourth-order valence-corrected chi connectivity index (χ4v) is 3.64. The van der Waals surface area contributed by atoms with E-state index in [2.05, 4.69) is 10.6 Å². The number of para-hydroxylation sites is 1. The fraction of sp³-hybridized carbons (Fsp3) is 0.263. The molecule has 0 saturated heterocycles. The van der Waals surface area contributed by atoms with Gasteiger partial charge in [-0.2, -0.15) is 0 Å². The number of anilines is 1. The highest BCUT2D eigenvalue weighted by Gasteiger charge is 2.37. The first-order chi connectivity index (χ1) is 12.0. The molecule has 0 fully saturated rings. The van der Waals surface area contributed by atoms with E-state index in [0.29, 0.717) is 12.1 Å². The highest BCUT2D eigenvalue weighted by atomic mass is 32.2. The fourth-order valence-electron chi connectivity index (χ4n) is 3.09. The van der Waals surface area contributed by atoms with Crippen molar-refractivity contribution in [1.29, 1.82) is 0 Å². The van der Waals surface area contributed by atoms with Crippen molar-refractivity contribution < 1.29 is 14.7 Å². The molecule has 3 rings (SSSR count). The van der Waals surface area contributed by atoms with Gasteiger partial charge in [0.05, 0.1) is 12.2 Å². The summed E-state index contributed by atoms with van der Waals surface area (Å²) in [5.41, 5.74) is 1.38. The first-order valence-corrected chi connectivity index (χ1v) is 9.29. The van der Waals surface area contributed by atoms with Crippen molar-refractivity contribution in [1.82, 2.24) is 5.32 Å². The highest BCUT2D eigenvalue weighted by molar-refractivity contribution is 7.98. The van der Waals surface area contributed by atoms with E-state index in [1.807, 2.05) is 42.7 Å². The zero-order valence-electron chi connectivity index (χ0n) is 13.9. The third kappa shape index (κ3) is 3.70. The predicted octanol–water partition coefficient (Wildman–Crippen LogP) is 2.30. The lowest BCUT2D eigenvalue weighted by molar-refractivity contribution is -0.136. The van der Waals surface area contributed by atoms with E-state index < -0.39 is 17.4 Å². The molecule has 0 spiro atoms. The third-order valence-electron chi connectivity index (χ3n) is 4.43. The first kappa shape index (κ1) is 17.5. The number of aliphatic hydroxyl groups is 1. The second-order valence-corrected chi connectivity index (χ2v) is 6.87. The Hall–Kier alpha value is -2.31. The molecule has 2 aromatic rings. The van der Waals surface area contributed by atoms with Crippen LogP contribution in [-0.4, -0.2) is 29.7 Å². The van der Waals surface area contributed by atoms with Crippen LogP contribution in [-0.2, 0) is 21.6 Å². The molecule has 130 valence electrons. The summed E-state index contributed by atoms with van der Waals surface area (Å²) in [4.78, 5) is 25.1. The lowest BCUT2D eigenvalue weighted by Gasteiger charge is -2.24. The molecule has 0 unspecified atom stereocenters. The number of carbonyl (C=O) groups is 2. The minimum absolute atomic E-state index is 0.0143. The van der Waals surface area contributed by atoms with Gasteiger partial charge in [0.1, 0.15) is 5.60 Å². The molecule has 25 heavy (non-hydrogen) atoms. The van der Waals surface area contributed by atoms with Gasteiger partial charge in [0.2, 0.25) is 0 Å². The summed E-state index contributed by atoms with van der Waals surface area (Å²) in [6.07, 6.45) is 3.19. The largest absolute Gasteiger partial charge is 0.383 e. The van der Waals surface area contributed by atoms with Crippen molar-refractivity contribution in [3.8, 4) is 0 Å². The molecule has 0 heterocycles. The van der Waals surface area contributed by atoms with Gasteiger partial charge in [-0.1, -0.05) is 36.4 Å². The van der Waals surface area contributed by atoms with E-state index in [1.54, 1.807) is 12.1 Å². The minimum atomic E-state index is -1.12. The van der Waals surface area contributed by atoms with Gasteiger partial charge < -0.3 is 15.7 Å². The molecular weight excluding hydrogens is 336 g/mol. The van der Waals surface area contributed by atoms with Crippen LogP contribution in [0, 0.1) is 0 Å². The van der Waals surface area contributed by atoms with E-state index in [1.165, 1.54) is 11.8 Å². The Morgan fingerprint density at radius 2 is 1.84 bits per heavy atom. The first-order valence-electron chi connectivity index (χ1n) is 8.06. The van der Waals surface area contributed by atoms with Gasteiger partial charge in [-0.25, -0.2) is 0 Å². The van der Waals surface area contributed by atoms with Crippen LogP contribution in [0.2, 0.25) is 0 Å². The van der Waals surface area contributed by atoms with Crippen molar-refractivity contribution in [3.63, 3.8) is 0 Å².